The number of rotatable bonds is 2. The first-order chi connectivity index (χ1) is 11.9. The van der Waals surface area contributed by atoms with Gasteiger partial charge in [0.1, 0.15) is 9.40 Å². The highest BCUT2D eigenvalue weighted by Crippen LogP contribution is 2.19. The molecule has 0 aliphatic heterocycles. The highest BCUT2D eigenvalue weighted by molar-refractivity contribution is 7.16. The summed E-state index contributed by atoms with van der Waals surface area (Å²) in [6, 6.07) is 19.1. The van der Waals surface area contributed by atoms with E-state index in [9.17, 15) is 0 Å². The van der Waals surface area contributed by atoms with Crippen LogP contribution in [0.25, 0.3) is 31.8 Å². The van der Waals surface area contributed by atoms with Crippen molar-refractivity contribution >= 4 is 43.1 Å². The Kier molecular flexibility index (Phi) is 3.14. The van der Waals surface area contributed by atoms with Gasteiger partial charge >= 0.3 is 0 Å². The van der Waals surface area contributed by atoms with Crippen molar-refractivity contribution in [3.8, 4) is 11.4 Å². The summed E-state index contributed by atoms with van der Waals surface area (Å²) in [5, 5.41) is 0. The maximum Gasteiger partial charge on any atom is 0.237 e. The number of fused-ring (bicyclic) bond motifs is 2. The van der Waals surface area contributed by atoms with E-state index in [2.05, 4.69) is 79.7 Å². The molecule has 5 heteroatoms. The molecule has 0 atom stereocenters. The Hall–Kier alpha value is -2.63. The van der Waals surface area contributed by atoms with Gasteiger partial charge in [-0.05, 0) is 12.1 Å². The van der Waals surface area contributed by atoms with Gasteiger partial charge in [0.2, 0.25) is 33.4 Å². The van der Waals surface area contributed by atoms with Crippen molar-refractivity contribution in [2.24, 2.45) is 0 Å². The van der Waals surface area contributed by atoms with Crippen LogP contribution in [0.3, 0.4) is 0 Å². The Balaban J connectivity index is 1.69. The van der Waals surface area contributed by atoms with Crippen LogP contribution in [0.1, 0.15) is 0 Å². The van der Waals surface area contributed by atoms with Gasteiger partial charge in [-0.3, -0.25) is 4.98 Å². The summed E-state index contributed by atoms with van der Waals surface area (Å²) in [5.41, 5.74) is 8.85. The van der Waals surface area contributed by atoms with Crippen LogP contribution in [-0.4, -0.2) is 4.98 Å². The summed E-state index contributed by atoms with van der Waals surface area (Å²) in [4.78, 5) is 4.48. The number of pyridine rings is 1. The molecule has 5 rings (SSSR count). The van der Waals surface area contributed by atoms with Gasteiger partial charge in [-0.15, -0.1) is 9.13 Å². The lowest BCUT2D eigenvalue weighted by Gasteiger charge is -1.96. The third-order valence-corrected chi connectivity index (χ3v) is 5.92. The number of thiazole rings is 2. The third kappa shape index (κ3) is 2.13. The number of nitrogens with zero attached hydrogens (tertiary/aromatic N) is 3. The van der Waals surface area contributed by atoms with Crippen molar-refractivity contribution in [1.29, 1.82) is 0 Å². The Morgan fingerprint density at radius 3 is 1.71 bits per heavy atom. The van der Waals surface area contributed by atoms with E-state index in [0.717, 1.165) is 11.4 Å². The molecule has 0 bridgehead atoms. The van der Waals surface area contributed by atoms with Crippen molar-refractivity contribution in [1.82, 2.24) is 4.98 Å². The van der Waals surface area contributed by atoms with Gasteiger partial charge in [-0.2, -0.15) is 0 Å². The summed E-state index contributed by atoms with van der Waals surface area (Å²) in [7, 11) is 0. The van der Waals surface area contributed by atoms with E-state index in [0.29, 0.717) is 0 Å². The van der Waals surface area contributed by atoms with Crippen LogP contribution < -0.4 is 9.13 Å². The van der Waals surface area contributed by atoms with Gasteiger partial charge in [-0.25, -0.2) is 0 Å². The number of aromatic nitrogens is 3. The lowest BCUT2D eigenvalue weighted by molar-refractivity contribution is -0.571. The van der Waals surface area contributed by atoms with Gasteiger partial charge in [0.25, 0.3) is 0 Å². The second-order valence-corrected chi connectivity index (χ2v) is 7.30. The van der Waals surface area contributed by atoms with Gasteiger partial charge in [0.05, 0.1) is 18.5 Å². The summed E-state index contributed by atoms with van der Waals surface area (Å²) in [6.45, 7) is 0. The van der Waals surface area contributed by atoms with E-state index in [1.165, 1.54) is 20.4 Å². The molecule has 0 aliphatic rings. The first-order valence-corrected chi connectivity index (χ1v) is 9.38. The molecule has 3 nitrogen and oxygen atoms in total. The highest BCUT2D eigenvalue weighted by atomic mass is 32.1. The van der Waals surface area contributed by atoms with Crippen LogP contribution >= 0.6 is 22.7 Å². The third-order valence-electron chi connectivity index (χ3n) is 4.09. The van der Waals surface area contributed by atoms with Crippen molar-refractivity contribution in [2.45, 2.75) is 0 Å². The number of hydrogen-bond donors (Lipinski definition) is 0. The maximum absolute atomic E-state index is 4.48. The molecule has 3 aromatic heterocycles. The first-order valence-electron chi connectivity index (χ1n) is 7.62. The molecule has 2 aromatic carbocycles. The Bertz CT molecular complexity index is 1080. The molecule has 24 heavy (non-hydrogen) atoms. The highest BCUT2D eigenvalue weighted by Gasteiger charge is 2.20. The normalized spacial score (nSPS) is 11.3. The van der Waals surface area contributed by atoms with Gasteiger partial charge in [0, 0.05) is 12.1 Å². The summed E-state index contributed by atoms with van der Waals surface area (Å²) >= 11 is 3.49. The lowest BCUT2D eigenvalue weighted by Crippen LogP contribution is -2.32. The molecule has 0 aliphatic carbocycles. The molecule has 5 aromatic rings. The smallest absolute Gasteiger partial charge is 0.237 e. The predicted octanol–water partition coefficient (Wildman–Crippen LogP) is 4.06. The topological polar surface area (TPSA) is 20.6 Å². The number of benzene rings is 2. The van der Waals surface area contributed by atoms with Gasteiger partial charge in [-0.1, -0.05) is 46.9 Å². The zero-order chi connectivity index (χ0) is 15.9. The van der Waals surface area contributed by atoms with E-state index < -0.39 is 0 Å². The first kappa shape index (κ1) is 13.8. The minimum absolute atomic E-state index is 1.08. The van der Waals surface area contributed by atoms with Crippen LogP contribution in [0.15, 0.2) is 78.0 Å². The summed E-state index contributed by atoms with van der Waals surface area (Å²) in [6.07, 6.45) is 3.83. The molecule has 0 amide bonds. The molecule has 0 radical (unpaired) electrons. The average Bonchev–Trinajstić information content (AvgIpc) is 3.26. The van der Waals surface area contributed by atoms with Gasteiger partial charge < -0.3 is 0 Å². The minimum atomic E-state index is 1.08. The van der Waals surface area contributed by atoms with Crippen LogP contribution in [0.4, 0.5) is 0 Å². The fourth-order valence-electron chi connectivity index (χ4n) is 2.92. The monoisotopic (exact) mass is 347 g/mol. The molecule has 0 spiro atoms. The van der Waals surface area contributed by atoms with Crippen molar-refractivity contribution in [3.63, 3.8) is 0 Å². The minimum Gasteiger partial charge on any atom is -0.251 e. The van der Waals surface area contributed by atoms with E-state index in [1.807, 2.05) is 12.4 Å². The molecular weight excluding hydrogens is 334 g/mol. The Morgan fingerprint density at radius 2 is 1.17 bits per heavy atom. The quantitative estimate of drug-likeness (QED) is 0.441. The van der Waals surface area contributed by atoms with E-state index in [-0.39, 0.29) is 0 Å². The molecule has 0 unspecified atom stereocenters. The van der Waals surface area contributed by atoms with Crippen molar-refractivity contribution in [2.75, 3.05) is 0 Å². The van der Waals surface area contributed by atoms with Crippen LogP contribution in [-0.2, 0) is 0 Å². The van der Waals surface area contributed by atoms with Crippen molar-refractivity contribution in [3.05, 3.63) is 78.0 Å². The molecule has 0 fully saturated rings. The standard InChI is InChI=1S/C19H13N3S2/c1-3-7-18-16(5-1)21(12-23-18)14-9-15(11-20-10-14)22-13-24-19-8-4-2-6-17(19)22/h1-13H/q+2. The van der Waals surface area contributed by atoms with E-state index >= 15 is 0 Å². The molecule has 0 N–H and O–H groups in total. The predicted molar refractivity (Wildman–Crippen MR) is 98.1 cm³/mol. The van der Waals surface area contributed by atoms with Crippen LogP contribution in [0.2, 0.25) is 0 Å². The summed E-state index contributed by atoms with van der Waals surface area (Å²) in [5.74, 6) is 0. The fraction of sp³-hybridized carbons (Fsp3) is 0. The molecule has 0 saturated carbocycles. The molecule has 114 valence electrons. The number of hydrogen-bond acceptors (Lipinski definition) is 3. The van der Waals surface area contributed by atoms with E-state index in [1.54, 1.807) is 22.7 Å². The average molecular weight is 347 g/mol. The van der Waals surface area contributed by atoms with Gasteiger partial charge in [0.15, 0.2) is 0 Å². The second kappa shape index (κ2) is 5.47. The lowest BCUT2D eigenvalue weighted by atomic mass is 10.3. The Morgan fingerprint density at radius 1 is 0.667 bits per heavy atom. The molecule has 3 heterocycles. The molecule has 0 saturated heterocycles. The Labute approximate surface area is 146 Å². The second-order valence-electron chi connectivity index (χ2n) is 5.52. The van der Waals surface area contributed by atoms with Crippen LogP contribution in [0.5, 0.6) is 0 Å². The van der Waals surface area contributed by atoms with Crippen molar-refractivity contribution < 1.29 is 9.13 Å². The molecular formula is C19H13N3S2+2. The SMILES string of the molecule is c1ccc2c(c1)sc[n+]2-c1cncc(-[n+]2csc3ccccc32)c1. The summed E-state index contributed by atoms with van der Waals surface area (Å²) < 4.78 is 6.95. The van der Waals surface area contributed by atoms with E-state index in [4.69, 9.17) is 0 Å². The van der Waals surface area contributed by atoms with Crippen LogP contribution in [0, 0.1) is 0 Å². The number of para-hydroxylation sites is 2. The zero-order valence-electron chi connectivity index (χ0n) is 12.7. The largest absolute Gasteiger partial charge is 0.251 e. The zero-order valence-corrected chi connectivity index (χ0v) is 14.3. The fourth-order valence-corrected chi connectivity index (χ4v) is 4.72. The maximum atomic E-state index is 4.48.